The molecule has 0 bridgehead atoms. The van der Waals surface area contributed by atoms with Gasteiger partial charge in [0.05, 0.1) is 19.4 Å². The second-order valence-corrected chi connectivity index (χ2v) is 4.32. The van der Waals surface area contributed by atoms with Crippen molar-refractivity contribution in [3.05, 3.63) is 0 Å². The molecule has 0 radical (unpaired) electrons. The second kappa shape index (κ2) is 7.97. The van der Waals surface area contributed by atoms with Gasteiger partial charge in [0.15, 0.2) is 0 Å². The molecule has 0 heterocycles. The number of carbonyl (C=O) groups excluding carboxylic acids is 3. The molecule has 0 saturated carbocycles. The van der Waals surface area contributed by atoms with Crippen molar-refractivity contribution in [3.8, 4) is 0 Å². The highest BCUT2D eigenvalue weighted by atomic mass is 16.5. The van der Waals surface area contributed by atoms with E-state index in [1.165, 1.54) is 14.2 Å². The molecule has 2 unspecified atom stereocenters. The van der Waals surface area contributed by atoms with Crippen molar-refractivity contribution in [1.82, 2.24) is 10.2 Å². The van der Waals surface area contributed by atoms with E-state index in [0.29, 0.717) is 0 Å². The Morgan fingerprint density at radius 3 is 2.30 bits per heavy atom. The summed E-state index contributed by atoms with van der Waals surface area (Å²) in [6, 6.07) is -2.13. The van der Waals surface area contributed by atoms with Crippen LogP contribution in [0.1, 0.15) is 13.3 Å². The highest BCUT2D eigenvalue weighted by Crippen LogP contribution is 2.02. The number of hydrogen-bond donors (Lipinski definition) is 3. The Hall–Kier alpha value is -2.32. The summed E-state index contributed by atoms with van der Waals surface area (Å²) in [5.74, 6) is -3.26. The van der Waals surface area contributed by atoms with Gasteiger partial charge in [0, 0.05) is 13.6 Å². The maximum absolute atomic E-state index is 11.7. The largest absolute Gasteiger partial charge is 0.480 e. The number of nitrogens with one attached hydrogen (secondary N) is 1. The lowest BCUT2D eigenvalue weighted by Gasteiger charge is -2.22. The molecule has 114 valence electrons. The van der Waals surface area contributed by atoms with Crippen LogP contribution >= 0.6 is 0 Å². The molecule has 9 nitrogen and oxygen atoms in total. The van der Waals surface area contributed by atoms with Gasteiger partial charge in [0.2, 0.25) is 5.91 Å². The van der Waals surface area contributed by atoms with Gasteiger partial charge in [-0.05, 0) is 0 Å². The Morgan fingerprint density at radius 2 is 1.90 bits per heavy atom. The van der Waals surface area contributed by atoms with E-state index in [1.807, 2.05) is 0 Å². The van der Waals surface area contributed by atoms with E-state index in [0.717, 1.165) is 4.90 Å². The Balaban J connectivity index is 4.53. The Kier molecular flexibility index (Phi) is 7.05. The van der Waals surface area contributed by atoms with Crippen molar-refractivity contribution >= 4 is 23.9 Å². The van der Waals surface area contributed by atoms with E-state index in [4.69, 9.17) is 10.8 Å². The predicted octanol–water partition coefficient (Wildman–Crippen LogP) is -1.23. The van der Waals surface area contributed by atoms with Gasteiger partial charge in [0.1, 0.15) is 6.04 Å². The maximum Gasteiger partial charge on any atom is 0.326 e. The monoisotopic (exact) mass is 289 g/mol. The van der Waals surface area contributed by atoms with E-state index in [-0.39, 0.29) is 6.54 Å². The number of esters is 1. The van der Waals surface area contributed by atoms with Gasteiger partial charge in [-0.2, -0.15) is 0 Å². The quantitative estimate of drug-likeness (QED) is 0.501. The SMILES string of the molecule is COC(=O)C(C)CN(C)C(=O)NC(CC(N)=O)C(=O)O. The molecule has 4 N–H and O–H groups in total. The molecule has 9 heteroatoms. The summed E-state index contributed by atoms with van der Waals surface area (Å²) < 4.78 is 4.51. The standard InChI is InChI=1S/C11H19N3O6/c1-6(10(18)20-3)5-14(2)11(19)13-7(9(16)17)4-8(12)15/h6-7H,4-5H2,1-3H3,(H2,12,15)(H,13,19)(H,16,17). The number of carboxylic acid groups (broad SMARTS) is 1. The number of ether oxygens (including phenoxy) is 1. The topological polar surface area (TPSA) is 139 Å². The van der Waals surface area contributed by atoms with E-state index >= 15 is 0 Å². The minimum atomic E-state index is -1.41. The second-order valence-electron chi connectivity index (χ2n) is 4.32. The number of rotatable bonds is 7. The van der Waals surface area contributed by atoms with E-state index < -0.39 is 42.3 Å². The number of nitrogens with two attached hydrogens (primary N) is 1. The number of aliphatic carboxylic acids is 1. The van der Waals surface area contributed by atoms with E-state index in [9.17, 15) is 19.2 Å². The molecule has 0 aliphatic heterocycles. The third-order valence-corrected chi connectivity index (χ3v) is 2.50. The lowest BCUT2D eigenvalue weighted by molar-refractivity contribution is -0.145. The smallest absolute Gasteiger partial charge is 0.326 e. The molecule has 0 spiro atoms. The molecule has 0 aliphatic rings. The summed E-state index contributed by atoms with van der Waals surface area (Å²) in [5, 5.41) is 11.0. The third kappa shape index (κ3) is 6.03. The number of primary amides is 1. The van der Waals surface area contributed by atoms with Crippen LogP contribution in [0.3, 0.4) is 0 Å². The van der Waals surface area contributed by atoms with Crippen molar-refractivity contribution in [2.45, 2.75) is 19.4 Å². The van der Waals surface area contributed by atoms with Crippen LogP contribution < -0.4 is 11.1 Å². The number of methoxy groups -OCH3 is 1. The fraction of sp³-hybridized carbons (Fsp3) is 0.636. The molecule has 0 aromatic rings. The first-order valence-corrected chi connectivity index (χ1v) is 5.79. The lowest BCUT2D eigenvalue weighted by Crippen LogP contribution is -2.49. The number of nitrogens with zero attached hydrogens (tertiary/aromatic N) is 1. The maximum atomic E-state index is 11.7. The summed E-state index contributed by atoms with van der Waals surface area (Å²) in [7, 11) is 2.62. The molecule has 0 rings (SSSR count). The Labute approximate surface area is 116 Å². The molecule has 0 saturated heterocycles. The van der Waals surface area contributed by atoms with Crippen LogP contribution in [0.4, 0.5) is 4.79 Å². The van der Waals surface area contributed by atoms with Crippen LogP contribution in [0.2, 0.25) is 0 Å². The minimum absolute atomic E-state index is 0.0431. The van der Waals surface area contributed by atoms with Crippen molar-refractivity contribution in [1.29, 1.82) is 0 Å². The van der Waals surface area contributed by atoms with Crippen LogP contribution in [0.15, 0.2) is 0 Å². The van der Waals surface area contributed by atoms with Gasteiger partial charge in [0.25, 0.3) is 0 Å². The number of amides is 3. The number of carboxylic acids is 1. The Bertz CT molecular complexity index is 398. The van der Waals surface area contributed by atoms with Gasteiger partial charge >= 0.3 is 18.0 Å². The molecule has 0 fully saturated rings. The van der Waals surface area contributed by atoms with E-state index in [2.05, 4.69) is 10.1 Å². The van der Waals surface area contributed by atoms with Crippen LogP contribution in [0.5, 0.6) is 0 Å². The normalized spacial score (nSPS) is 12.9. The fourth-order valence-electron chi connectivity index (χ4n) is 1.43. The Morgan fingerprint density at radius 1 is 1.35 bits per heavy atom. The summed E-state index contributed by atoms with van der Waals surface area (Å²) in [5.41, 5.74) is 4.89. The molecule has 2 atom stereocenters. The zero-order valence-corrected chi connectivity index (χ0v) is 11.6. The van der Waals surface area contributed by atoms with Gasteiger partial charge in [-0.3, -0.25) is 9.59 Å². The number of hydrogen-bond acceptors (Lipinski definition) is 5. The van der Waals surface area contributed by atoms with Crippen LogP contribution in [0, 0.1) is 5.92 Å². The first kappa shape index (κ1) is 17.7. The number of urea groups is 1. The highest BCUT2D eigenvalue weighted by molar-refractivity contribution is 5.87. The van der Waals surface area contributed by atoms with Crippen LogP contribution in [0.25, 0.3) is 0 Å². The highest BCUT2D eigenvalue weighted by Gasteiger charge is 2.25. The molecule has 0 aliphatic carbocycles. The van der Waals surface area contributed by atoms with Gasteiger partial charge < -0.3 is 25.8 Å². The first-order chi connectivity index (χ1) is 9.18. The van der Waals surface area contributed by atoms with Crippen molar-refractivity contribution in [3.63, 3.8) is 0 Å². The van der Waals surface area contributed by atoms with Crippen molar-refractivity contribution < 1.29 is 29.0 Å². The average Bonchev–Trinajstić information content (AvgIpc) is 2.35. The van der Waals surface area contributed by atoms with Crippen LogP contribution in [-0.4, -0.2) is 60.6 Å². The molecule has 20 heavy (non-hydrogen) atoms. The molecule has 0 aromatic carbocycles. The summed E-state index contributed by atoms with van der Waals surface area (Å²) in [6.45, 7) is 1.61. The zero-order valence-electron chi connectivity index (χ0n) is 11.6. The van der Waals surface area contributed by atoms with Gasteiger partial charge in [-0.15, -0.1) is 0 Å². The lowest BCUT2D eigenvalue weighted by atomic mass is 10.2. The zero-order chi connectivity index (χ0) is 15.9. The molecule has 3 amide bonds. The van der Waals surface area contributed by atoms with E-state index in [1.54, 1.807) is 6.92 Å². The molecular weight excluding hydrogens is 270 g/mol. The summed E-state index contributed by atoms with van der Waals surface area (Å²) in [4.78, 5) is 45.6. The predicted molar refractivity (Wildman–Crippen MR) is 67.6 cm³/mol. The average molecular weight is 289 g/mol. The van der Waals surface area contributed by atoms with Gasteiger partial charge in [-0.25, -0.2) is 9.59 Å². The van der Waals surface area contributed by atoms with Crippen LogP contribution in [-0.2, 0) is 19.1 Å². The molecule has 0 aromatic heterocycles. The number of carbonyl (C=O) groups is 4. The van der Waals surface area contributed by atoms with Crippen molar-refractivity contribution in [2.24, 2.45) is 11.7 Å². The first-order valence-electron chi connectivity index (χ1n) is 5.79. The minimum Gasteiger partial charge on any atom is -0.480 e. The molecular formula is C11H19N3O6. The van der Waals surface area contributed by atoms with Crippen molar-refractivity contribution in [2.75, 3.05) is 20.7 Å². The third-order valence-electron chi connectivity index (χ3n) is 2.50. The van der Waals surface area contributed by atoms with Gasteiger partial charge in [-0.1, -0.05) is 6.92 Å². The summed E-state index contributed by atoms with van der Waals surface area (Å²) in [6.07, 6.45) is -0.512. The fourth-order valence-corrected chi connectivity index (χ4v) is 1.43. The summed E-state index contributed by atoms with van der Waals surface area (Å²) >= 11 is 0.